The molecule has 1 aliphatic rings. The van der Waals surface area contributed by atoms with Crippen LogP contribution < -0.4 is 15.8 Å². The topological polar surface area (TPSA) is 66.1 Å². The number of nitrogens with two attached hydrogens (primary N) is 1. The zero-order valence-corrected chi connectivity index (χ0v) is 15.0. The van der Waals surface area contributed by atoms with Crippen LogP contribution in [0.15, 0.2) is 29.3 Å². The average molecular weight is 333 g/mol. The lowest BCUT2D eigenvalue weighted by molar-refractivity contribution is 0.136. The molecule has 0 amide bonds. The summed E-state index contributed by atoms with van der Waals surface area (Å²) in [6, 6.07) is 7.67. The molecule has 1 saturated heterocycles. The van der Waals surface area contributed by atoms with Crippen molar-refractivity contribution in [2.45, 2.75) is 19.8 Å². The van der Waals surface area contributed by atoms with E-state index >= 15 is 0 Å². The summed E-state index contributed by atoms with van der Waals surface area (Å²) in [4.78, 5) is 9.45. The van der Waals surface area contributed by atoms with E-state index in [-0.39, 0.29) is 0 Å². The van der Waals surface area contributed by atoms with Gasteiger partial charge in [0.15, 0.2) is 5.96 Å². The third-order valence-corrected chi connectivity index (χ3v) is 4.42. The molecule has 0 atom stereocenters. The lowest BCUT2D eigenvalue weighted by atomic mass is 10.2. The fourth-order valence-electron chi connectivity index (χ4n) is 2.86. The fourth-order valence-corrected chi connectivity index (χ4v) is 2.86. The van der Waals surface area contributed by atoms with Crippen LogP contribution >= 0.6 is 0 Å². The van der Waals surface area contributed by atoms with Gasteiger partial charge in [-0.05, 0) is 38.1 Å². The quantitative estimate of drug-likeness (QED) is 0.432. The van der Waals surface area contributed by atoms with Crippen molar-refractivity contribution in [3.8, 4) is 5.75 Å². The molecule has 3 N–H and O–H groups in total. The van der Waals surface area contributed by atoms with Crippen molar-refractivity contribution in [1.82, 2.24) is 9.80 Å². The molecule has 1 aromatic rings. The summed E-state index contributed by atoms with van der Waals surface area (Å²) in [5.74, 6) is 1.26. The van der Waals surface area contributed by atoms with Crippen LogP contribution in [0.1, 0.15) is 19.8 Å². The van der Waals surface area contributed by atoms with Crippen LogP contribution in [0.2, 0.25) is 0 Å². The SMILES string of the molecule is CCN1CCN(CCCCN=C(N)Nc2cccc(OC)c2)CC1. The van der Waals surface area contributed by atoms with Crippen molar-refractivity contribution in [3.05, 3.63) is 24.3 Å². The van der Waals surface area contributed by atoms with Crippen molar-refractivity contribution < 1.29 is 4.74 Å². The highest BCUT2D eigenvalue weighted by molar-refractivity contribution is 5.92. The smallest absolute Gasteiger partial charge is 0.193 e. The van der Waals surface area contributed by atoms with Crippen LogP contribution in [0.25, 0.3) is 0 Å². The second-order valence-corrected chi connectivity index (χ2v) is 6.11. The van der Waals surface area contributed by atoms with Gasteiger partial charge in [-0.1, -0.05) is 13.0 Å². The Morgan fingerprint density at radius 2 is 1.96 bits per heavy atom. The molecule has 1 aliphatic heterocycles. The number of unbranched alkanes of at least 4 members (excludes halogenated alkanes) is 1. The minimum Gasteiger partial charge on any atom is -0.497 e. The Hall–Kier alpha value is -1.79. The van der Waals surface area contributed by atoms with E-state index in [1.165, 1.54) is 39.1 Å². The van der Waals surface area contributed by atoms with Gasteiger partial charge in [-0.25, -0.2) is 0 Å². The summed E-state index contributed by atoms with van der Waals surface area (Å²) < 4.78 is 5.19. The Morgan fingerprint density at radius 3 is 2.67 bits per heavy atom. The first kappa shape index (κ1) is 18.5. The lowest BCUT2D eigenvalue weighted by Gasteiger charge is -2.33. The minimum atomic E-state index is 0.458. The van der Waals surface area contributed by atoms with Crippen LogP contribution in [-0.2, 0) is 0 Å². The lowest BCUT2D eigenvalue weighted by Crippen LogP contribution is -2.46. The second kappa shape index (κ2) is 10.2. The standard InChI is InChI=1S/C18H31N5O/c1-3-22-11-13-23(14-12-22)10-5-4-9-20-18(19)21-16-7-6-8-17(15-16)24-2/h6-8,15H,3-5,9-14H2,1-2H3,(H3,19,20,21). The molecule has 6 heteroatoms. The van der Waals surface area contributed by atoms with Gasteiger partial charge in [-0.3, -0.25) is 4.99 Å². The van der Waals surface area contributed by atoms with Gasteiger partial charge in [0.05, 0.1) is 7.11 Å². The maximum Gasteiger partial charge on any atom is 0.193 e. The number of anilines is 1. The second-order valence-electron chi connectivity index (χ2n) is 6.11. The molecule has 134 valence electrons. The van der Waals surface area contributed by atoms with E-state index in [2.05, 4.69) is 27.0 Å². The Bertz CT molecular complexity index is 512. The van der Waals surface area contributed by atoms with Crippen LogP contribution in [0, 0.1) is 0 Å². The van der Waals surface area contributed by atoms with E-state index in [1.54, 1.807) is 7.11 Å². The van der Waals surface area contributed by atoms with E-state index in [0.717, 1.165) is 30.9 Å². The van der Waals surface area contributed by atoms with Crippen molar-refractivity contribution in [2.24, 2.45) is 10.7 Å². The molecular formula is C18H31N5O. The third-order valence-electron chi connectivity index (χ3n) is 4.42. The van der Waals surface area contributed by atoms with Gasteiger partial charge < -0.3 is 25.6 Å². The van der Waals surface area contributed by atoms with Gasteiger partial charge in [-0.2, -0.15) is 0 Å². The molecule has 1 heterocycles. The zero-order chi connectivity index (χ0) is 17.2. The van der Waals surface area contributed by atoms with Crippen molar-refractivity contribution in [3.63, 3.8) is 0 Å². The molecule has 1 aromatic carbocycles. The number of methoxy groups -OCH3 is 1. The van der Waals surface area contributed by atoms with Gasteiger partial charge in [0.2, 0.25) is 0 Å². The number of hydrogen-bond donors (Lipinski definition) is 2. The Morgan fingerprint density at radius 1 is 1.21 bits per heavy atom. The molecule has 0 radical (unpaired) electrons. The average Bonchev–Trinajstić information content (AvgIpc) is 2.62. The van der Waals surface area contributed by atoms with E-state index in [9.17, 15) is 0 Å². The molecular weight excluding hydrogens is 302 g/mol. The van der Waals surface area contributed by atoms with Crippen molar-refractivity contribution >= 4 is 11.6 Å². The number of guanidine groups is 1. The van der Waals surface area contributed by atoms with Crippen LogP contribution in [0.3, 0.4) is 0 Å². The van der Waals surface area contributed by atoms with Crippen molar-refractivity contribution in [2.75, 3.05) is 58.2 Å². The Kier molecular flexibility index (Phi) is 7.85. The fraction of sp³-hybridized carbons (Fsp3) is 0.611. The molecule has 24 heavy (non-hydrogen) atoms. The number of rotatable bonds is 8. The Labute approximate surface area is 145 Å². The monoisotopic (exact) mass is 333 g/mol. The number of piperazine rings is 1. The summed E-state index contributed by atoms with van der Waals surface area (Å²) >= 11 is 0. The van der Waals surface area contributed by atoms with Crippen LogP contribution in [-0.4, -0.2) is 68.7 Å². The number of likely N-dealkylation sites (N-methyl/N-ethyl adjacent to an activating group) is 1. The predicted octanol–water partition coefficient (Wildman–Crippen LogP) is 1.84. The number of nitrogens with one attached hydrogen (secondary N) is 1. The first-order chi connectivity index (χ1) is 11.7. The van der Waals surface area contributed by atoms with E-state index in [0.29, 0.717) is 5.96 Å². The highest BCUT2D eigenvalue weighted by atomic mass is 16.5. The number of benzene rings is 1. The third kappa shape index (κ3) is 6.37. The molecule has 0 aromatic heterocycles. The Balaban J connectivity index is 1.61. The molecule has 0 spiro atoms. The molecule has 0 aliphatic carbocycles. The summed E-state index contributed by atoms with van der Waals surface area (Å²) in [7, 11) is 1.65. The molecule has 6 nitrogen and oxygen atoms in total. The van der Waals surface area contributed by atoms with Gasteiger partial charge >= 0.3 is 0 Å². The summed E-state index contributed by atoms with van der Waals surface area (Å²) in [5, 5.41) is 3.10. The van der Waals surface area contributed by atoms with Crippen molar-refractivity contribution in [1.29, 1.82) is 0 Å². The summed E-state index contributed by atoms with van der Waals surface area (Å²) in [5.41, 5.74) is 6.83. The highest BCUT2D eigenvalue weighted by Gasteiger charge is 2.14. The summed E-state index contributed by atoms with van der Waals surface area (Å²) in [6.07, 6.45) is 2.23. The number of nitrogens with zero attached hydrogens (tertiary/aromatic N) is 3. The maximum atomic E-state index is 5.94. The summed E-state index contributed by atoms with van der Waals surface area (Å²) in [6.45, 7) is 10.1. The van der Waals surface area contributed by atoms with Crippen LogP contribution in [0.4, 0.5) is 5.69 Å². The minimum absolute atomic E-state index is 0.458. The number of ether oxygens (including phenoxy) is 1. The van der Waals surface area contributed by atoms with Gasteiger partial charge in [0, 0.05) is 44.5 Å². The number of aliphatic imine (C=N–C) groups is 1. The predicted molar refractivity (Wildman–Crippen MR) is 101 cm³/mol. The van der Waals surface area contributed by atoms with E-state index in [1.807, 2.05) is 24.3 Å². The maximum absolute atomic E-state index is 5.94. The first-order valence-electron chi connectivity index (χ1n) is 8.87. The molecule has 0 unspecified atom stereocenters. The molecule has 1 fully saturated rings. The molecule has 2 rings (SSSR count). The normalized spacial score (nSPS) is 17.0. The van der Waals surface area contributed by atoms with E-state index in [4.69, 9.17) is 10.5 Å². The van der Waals surface area contributed by atoms with Gasteiger partial charge in [0.1, 0.15) is 5.75 Å². The van der Waals surface area contributed by atoms with Crippen LogP contribution in [0.5, 0.6) is 5.75 Å². The first-order valence-corrected chi connectivity index (χ1v) is 8.87. The zero-order valence-electron chi connectivity index (χ0n) is 15.0. The van der Waals surface area contributed by atoms with Gasteiger partial charge in [0.25, 0.3) is 0 Å². The largest absolute Gasteiger partial charge is 0.497 e. The molecule has 0 saturated carbocycles. The van der Waals surface area contributed by atoms with Gasteiger partial charge in [-0.15, -0.1) is 0 Å². The highest BCUT2D eigenvalue weighted by Crippen LogP contribution is 2.16. The van der Waals surface area contributed by atoms with E-state index < -0.39 is 0 Å². The molecule has 0 bridgehead atoms. The number of hydrogen-bond acceptors (Lipinski definition) is 4.